The fourth-order valence-corrected chi connectivity index (χ4v) is 13.1. The molecule has 3 aliphatic heterocycles. The van der Waals surface area contributed by atoms with Crippen LogP contribution in [0.3, 0.4) is 0 Å². The Kier molecular flexibility index (Phi) is 18.7. The van der Waals surface area contributed by atoms with Crippen LogP contribution in [0.15, 0.2) is 77.1 Å². The summed E-state index contributed by atoms with van der Waals surface area (Å²) in [6.07, 6.45) is -6.36. The van der Waals surface area contributed by atoms with E-state index in [2.05, 4.69) is 60.8 Å². The highest BCUT2D eigenvalue weighted by Crippen LogP contribution is 2.52. The van der Waals surface area contributed by atoms with Crippen molar-refractivity contribution in [2.45, 2.75) is 101 Å². The van der Waals surface area contributed by atoms with Gasteiger partial charge in [-0.15, -0.1) is 0 Å². The number of carbonyl (C=O) groups excluding carboxylic acids is 3. The van der Waals surface area contributed by atoms with E-state index in [0.717, 1.165) is 43.2 Å². The molecule has 3 fully saturated rings. The lowest BCUT2D eigenvalue weighted by molar-refractivity contribution is -0.118. The van der Waals surface area contributed by atoms with Crippen LogP contribution in [-0.2, 0) is 75.5 Å². The predicted octanol–water partition coefficient (Wildman–Crippen LogP) is -5.08. The SMILES string of the molecule is Cc1cn(C2CC(OP(=O)(O)OCC3OC(n4cnc5c(=O)[nH]c(N)cc54)CC3O)C(COP(=O)(O)OC3CC(n4cc(NC(=O)Cn5cc(NC(=O)Cn6c(NC(=O)Cn7cc(N)c(=O)[nH]c7=O)nc7c(=O)[nH]c(N)nc76)c(N)nc5=O)c5c(N)ncnc54)OC3CO)O2)c(=O)[nH]c1=O. The van der Waals surface area contributed by atoms with Gasteiger partial charge >= 0.3 is 32.7 Å². The van der Waals surface area contributed by atoms with E-state index in [1.165, 1.54) is 34.6 Å². The second-order valence-electron chi connectivity index (χ2n) is 22.7. The molecule has 3 aliphatic rings. The van der Waals surface area contributed by atoms with Gasteiger partial charge in [0.2, 0.25) is 29.6 Å². The van der Waals surface area contributed by atoms with Crippen LogP contribution >= 0.6 is 15.6 Å². The number of aromatic nitrogens is 16. The number of rotatable bonds is 23. The van der Waals surface area contributed by atoms with Crippen LogP contribution < -0.4 is 83.9 Å². The maximum Gasteiger partial charge on any atom is 0.472 e. The van der Waals surface area contributed by atoms with Crippen LogP contribution in [0.5, 0.6) is 0 Å². The normalized spacial score (nSPS) is 21.9. The number of nitrogens with zero attached hydrogens (tertiary/aromatic N) is 12. The van der Waals surface area contributed by atoms with Gasteiger partial charge < -0.3 is 87.6 Å². The maximum atomic E-state index is 13.9. The van der Waals surface area contributed by atoms with Crippen molar-refractivity contribution < 1.29 is 75.8 Å². The largest absolute Gasteiger partial charge is 0.472 e. The number of fused-ring (bicyclic) bond motifs is 3. The van der Waals surface area contributed by atoms with E-state index in [0.29, 0.717) is 0 Å². The molecule has 11 atom stereocenters. The molecule has 9 aromatic heterocycles. The number of carbonyl (C=O) groups is 3. The van der Waals surface area contributed by atoms with Crippen LogP contribution in [-0.4, -0.2) is 171 Å². The molecule has 530 valence electrons. The standard InChI is InChI=1S/C51H58N24O23P2/c1-18-6-73(51(87)68-43(18)81)35-5-25(98-99(88,89)92-14-27-23(77)3-33(95-27)75-17-59-37-22(75)2-29(53)62-45(37)83)28(96-35)15-93-100(90,91)97-24-4-34(94-26(24)13-76)72-9-20(36-40(55)57-16-58-41(36)72)60-30(78)10-71-8-21(39(54)65-49(71)85)61-32(80)12-74-42-38(46(84)67-47(56)66-42)64-48(74)63-31(79)11-70-7-19(52)44(82)69-50(70)86/h2,6-9,16-17,23-28,33-35,76-77H,3-5,10-15,52H2,1H3,(H,60,78)(H,61,80)(H,88,89)(H,90,91)(H3,53,62,83)(H2,54,65,85)(H2,55,57,58)(H,63,64,79)(H,68,81,87)(H,69,82,86)(H3,56,66,67,84). The van der Waals surface area contributed by atoms with E-state index < -0.39 is 203 Å². The lowest BCUT2D eigenvalue weighted by Crippen LogP contribution is -2.34. The first kappa shape index (κ1) is 69.0. The molecule has 0 radical (unpaired) electrons. The van der Waals surface area contributed by atoms with Crippen molar-refractivity contribution in [3.8, 4) is 0 Å². The minimum absolute atomic E-state index is 0.000277. The molecule has 21 N–H and O–H groups in total. The van der Waals surface area contributed by atoms with Crippen LogP contribution in [0.25, 0.3) is 33.2 Å². The number of H-pyrrole nitrogens is 4. The Morgan fingerprint density at radius 1 is 0.630 bits per heavy atom. The fourth-order valence-electron chi connectivity index (χ4n) is 11.2. The number of aryl methyl sites for hydroxylation is 1. The Morgan fingerprint density at radius 2 is 1.25 bits per heavy atom. The summed E-state index contributed by atoms with van der Waals surface area (Å²) in [6.45, 7) is -3.52. The Bertz CT molecular complexity index is 5330. The highest BCUT2D eigenvalue weighted by molar-refractivity contribution is 7.47. The number of phosphoric acid groups is 2. The number of anilines is 8. The summed E-state index contributed by atoms with van der Waals surface area (Å²) in [7, 11) is -10.5. The molecule has 3 amide bonds. The quantitative estimate of drug-likeness (QED) is 0.0266. The first-order chi connectivity index (χ1) is 47.4. The number of aliphatic hydroxyl groups excluding tert-OH is 2. The van der Waals surface area contributed by atoms with Crippen molar-refractivity contribution in [1.29, 1.82) is 0 Å². The van der Waals surface area contributed by atoms with E-state index in [9.17, 15) is 77.1 Å². The van der Waals surface area contributed by atoms with Gasteiger partial charge in [0.15, 0.2) is 22.5 Å². The van der Waals surface area contributed by atoms with Crippen molar-refractivity contribution in [2.75, 3.05) is 64.4 Å². The number of nitrogens with one attached hydrogen (secondary N) is 7. The topological polar surface area (TPSA) is 687 Å². The molecule has 12 rings (SSSR count). The Labute approximate surface area is 552 Å². The number of phosphoric ester groups is 2. The van der Waals surface area contributed by atoms with Crippen molar-refractivity contribution in [2.24, 2.45) is 0 Å². The zero-order valence-corrected chi connectivity index (χ0v) is 53.1. The summed E-state index contributed by atoms with van der Waals surface area (Å²) < 4.78 is 73.4. The highest BCUT2D eigenvalue weighted by Gasteiger charge is 2.47. The molecule has 0 aromatic carbocycles. The van der Waals surface area contributed by atoms with Gasteiger partial charge in [-0.2, -0.15) is 9.97 Å². The summed E-state index contributed by atoms with van der Waals surface area (Å²) in [5.41, 5.74) is 22.2. The van der Waals surface area contributed by atoms with Crippen LogP contribution in [0.4, 0.5) is 46.4 Å². The fraction of sp³-hybridized carbons (Fsp3) is 0.373. The lowest BCUT2D eigenvalue weighted by Gasteiger charge is -2.24. The summed E-state index contributed by atoms with van der Waals surface area (Å²) >= 11 is 0. The van der Waals surface area contributed by atoms with Crippen molar-refractivity contribution in [1.82, 2.24) is 77.2 Å². The number of nitrogen functional groups attached to an aromatic ring is 5. The Hall–Kier alpha value is -10.9. The average Bonchev–Trinajstić information content (AvgIpc) is 1.62. The molecule has 9 aromatic rings. The predicted molar refractivity (Wildman–Crippen MR) is 340 cm³/mol. The number of hydrogen-bond donors (Lipinski definition) is 16. The van der Waals surface area contributed by atoms with E-state index in [1.54, 1.807) is 0 Å². The minimum Gasteiger partial charge on any atom is -0.394 e. The first-order valence-electron chi connectivity index (χ1n) is 29.4. The number of hydrogen-bond acceptors (Lipinski definition) is 32. The molecule has 0 spiro atoms. The molecular weight excluding hydrogens is 1380 g/mol. The molecule has 49 heteroatoms. The third kappa shape index (κ3) is 14.3. The zero-order chi connectivity index (χ0) is 71.5. The average molecular weight is 1440 g/mol. The van der Waals surface area contributed by atoms with Crippen LogP contribution in [0.1, 0.15) is 43.5 Å². The molecular formula is C51H58N24O23P2. The monoisotopic (exact) mass is 1440 g/mol. The van der Waals surface area contributed by atoms with Gasteiger partial charge in [0, 0.05) is 55.7 Å². The molecule has 11 unspecified atom stereocenters. The number of aromatic amines is 4. The van der Waals surface area contributed by atoms with Crippen molar-refractivity contribution >= 4 is 113 Å². The number of imidazole rings is 2. The van der Waals surface area contributed by atoms with Gasteiger partial charge in [0.05, 0.1) is 48.8 Å². The van der Waals surface area contributed by atoms with Gasteiger partial charge in [-0.1, -0.05) is 0 Å². The smallest absolute Gasteiger partial charge is 0.394 e. The highest BCUT2D eigenvalue weighted by atomic mass is 31.2. The molecule has 0 bridgehead atoms. The van der Waals surface area contributed by atoms with Gasteiger partial charge in [0.25, 0.3) is 22.2 Å². The molecule has 12 heterocycles. The molecule has 100 heavy (non-hydrogen) atoms. The molecule has 3 saturated heterocycles. The van der Waals surface area contributed by atoms with Gasteiger partial charge in [0.1, 0.15) is 104 Å². The van der Waals surface area contributed by atoms with Gasteiger partial charge in [-0.3, -0.25) is 90.2 Å². The lowest BCUT2D eigenvalue weighted by atomic mass is 10.2. The number of pyridine rings is 1. The zero-order valence-electron chi connectivity index (χ0n) is 51.3. The Morgan fingerprint density at radius 3 is 1.98 bits per heavy atom. The first-order valence-corrected chi connectivity index (χ1v) is 32.3. The summed E-state index contributed by atoms with van der Waals surface area (Å²) in [4.78, 5) is 184. The maximum absolute atomic E-state index is 13.9. The third-order valence-corrected chi connectivity index (χ3v) is 17.8. The van der Waals surface area contributed by atoms with E-state index in [-0.39, 0.29) is 69.1 Å². The van der Waals surface area contributed by atoms with E-state index in [1.807, 2.05) is 4.98 Å². The summed E-state index contributed by atoms with van der Waals surface area (Å²) in [6, 6.07) is 1.43. The third-order valence-electron chi connectivity index (χ3n) is 15.8. The van der Waals surface area contributed by atoms with Crippen LogP contribution in [0, 0.1) is 6.92 Å². The number of ether oxygens (including phenoxy) is 3. The second-order valence-corrected chi connectivity index (χ2v) is 25.5. The molecule has 47 nitrogen and oxygen atoms in total. The van der Waals surface area contributed by atoms with Crippen molar-refractivity contribution in [3.05, 3.63) is 122 Å². The second kappa shape index (κ2) is 27.1. The van der Waals surface area contributed by atoms with Gasteiger partial charge in [-0.05, 0) is 6.92 Å². The molecule has 0 aliphatic carbocycles. The number of nitrogens with two attached hydrogens (primary N) is 5. The van der Waals surface area contributed by atoms with Crippen molar-refractivity contribution in [3.63, 3.8) is 0 Å². The number of aliphatic hydroxyl groups is 2. The van der Waals surface area contributed by atoms with Crippen LogP contribution in [0.2, 0.25) is 0 Å². The van der Waals surface area contributed by atoms with E-state index in [4.69, 9.17) is 61.0 Å². The Balaban J connectivity index is 0.701. The van der Waals surface area contributed by atoms with Gasteiger partial charge in [-0.25, -0.2) is 43.4 Å². The molecule has 0 saturated carbocycles. The summed E-state index contributed by atoms with van der Waals surface area (Å²) in [5.74, 6) is -4.42. The van der Waals surface area contributed by atoms with E-state index >= 15 is 0 Å². The minimum atomic E-state index is -5.32. The number of amides is 3. The summed E-state index contributed by atoms with van der Waals surface area (Å²) in [5, 5.41) is 28.8.